The molecule has 2 aromatic carbocycles. The molecular weight excluding hydrogens is 374 g/mol. The molecule has 1 aliphatic rings. The monoisotopic (exact) mass is 391 g/mol. The number of aromatic carboxylic acids is 2. The quantitative estimate of drug-likeness (QED) is 0.670. The third kappa shape index (κ3) is 3.70. The van der Waals surface area contributed by atoms with Crippen molar-refractivity contribution in [2.45, 2.75) is 0 Å². The van der Waals surface area contributed by atoms with Crippen molar-refractivity contribution in [2.24, 2.45) is 0 Å². The standard InChI is InChI=1S/C21H19N3O5/c25-20(26)13-4-6-14(7-5-13)23-18-15-2-1-3-17(24-8-10-29-11-9-24)19(15)22-12-16(18)21(27)28/h1-7,12H,8-11H2,(H,22,23)(H,25,26)(H,27,28)/p-2. The van der Waals surface area contributed by atoms with E-state index in [2.05, 4.69) is 15.2 Å². The highest BCUT2D eigenvalue weighted by Crippen LogP contribution is 2.34. The van der Waals surface area contributed by atoms with Crippen LogP contribution in [0.15, 0.2) is 48.7 Å². The predicted octanol–water partition coefficient (Wildman–Crippen LogP) is 0.542. The molecule has 8 heteroatoms. The predicted molar refractivity (Wildman–Crippen MR) is 103 cm³/mol. The third-order valence-electron chi connectivity index (χ3n) is 4.84. The maximum absolute atomic E-state index is 11.7. The van der Waals surface area contributed by atoms with Gasteiger partial charge in [-0.25, -0.2) is 0 Å². The van der Waals surface area contributed by atoms with Crippen LogP contribution in [-0.2, 0) is 4.74 Å². The normalized spacial score (nSPS) is 14.0. The van der Waals surface area contributed by atoms with E-state index < -0.39 is 11.9 Å². The Bertz CT molecular complexity index is 1080. The van der Waals surface area contributed by atoms with Gasteiger partial charge in [0, 0.05) is 35.9 Å². The summed E-state index contributed by atoms with van der Waals surface area (Å²) in [6.45, 7) is 2.67. The van der Waals surface area contributed by atoms with Crippen LogP contribution in [0.3, 0.4) is 0 Å². The van der Waals surface area contributed by atoms with Crippen molar-refractivity contribution in [1.29, 1.82) is 0 Å². The van der Waals surface area contributed by atoms with Crippen LogP contribution in [0.1, 0.15) is 20.7 Å². The smallest absolute Gasteiger partial charge is 0.0956 e. The fourth-order valence-electron chi connectivity index (χ4n) is 3.39. The summed E-state index contributed by atoms with van der Waals surface area (Å²) in [6.07, 6.45) is 1.28. The lowest BCUT2D eigenvalue weighted by Crippen LogP contribution is -2.36. The van der Waals surface area contributed by atoms with E-state index in [0.29, 0.717) is 35.5 Å². The number of benzene rings is 2. The minimum absolute atomic E-state index is 0.0323. The summed E-state index contributed by atoms with van der Waals surface area (Å²) in [4.78, 5) is 29.2. The molecule has 0 aliphatic carbocycles. The molecule has 8 nitrogen and oxygen atoms in total. The lowest BCUT2D eigenvalue weighted by atomic mass is 10.1. The Labute approximate surface area is 166 Å². The Kier molecular flexibility index (Phi) is 5.01. The van der Waals surface area contributed by atoms with Crippen molar-refractivity contribution in [3.05, 3.63) is 59.8 Å². The number of aromatic nitrogens is 1. The largest absolute Gasteiger partial charge is 0.545 e. The zero-order valence-corrected chi connectivity index (χ0v) is 15.4. The van der Waals surface area contributed by atoms with Crippen LogP contribution in [-0.4, -0.2) is 43.2 Å². The third-order valence-corrected chi connectivity index (χ3v) is 4.84. The molecule has 0 radical (unpaired) electrons. The van der Waals surface area contributed by atoms with Crippen LogP contribution in [0.5, 0.6) is 0 Å². The van der Waals surface area contributed by atoms with Crippen molar-refractivity contribution in [1.82, 2.24) is 4.98 Å². The van der Waals surface area contributed by atoms with Crippen molar-refractivity contribution < 1.29 is 24.5 Å². The number of carboxylic acids is 2. The van der Waals surface area contributed by atoms with Crippen molar-refractivity contribution >= 4 is 39.9 Å². The van der Waals surface area contributed by atoms with Gasteiger partial charge in [-0.15, -0.1) is 0 Å². The first-order valence-corrected chi connectivity index (χ1v) is 9.09. The molecule has 2 heterocycles. The Hall–Kier alpha value is -3.65. The number of fused-ring (bicyclic) bond motifs is 1. The Balaban J connectivity index is 1.80. The number of morpholine rings is 1. The number of nitrogens with one attached hydrogen (secondary N) is 1. The molecule has 0 saturated carbocycles. The van der Waals surface area contributed by atoms with Crippen LogP contribution in [0.25, 0.3) is 10.9 Å². The number of carbonyl (C=O) groups is 2. The minimum Gasteiger partial charge on any atom is -0.545 e. The molecule has 3 aromatic rings. The van der Waals surface area contributed by atoms with Gasteiger partial charge in [-0.1, -0.05) is 24.3 Å². The van der Waals surface area contributed by atoms with E-state index in [1.807, 2.05) is 12.1 Å². The summed E-state index contributed by atoms with van der Waals surface area (Å²) >= 11 is 0. The second kappa shape index (κ2) is 7.76. The number of anilines is 3. The van der Waals surface area contributed by atoms with Gasteiger partial charge in [0.15, 0.2) is 0 Å². The summed E-state index contributed by atoms with van der Waals surface area (Å²) in [5, 5.41) is 26.3. The lowest BCUT2D eigenvalue weighted by molar-refractivity contribution is -0.256. The first-order valence-electron chi connectivity index (χ1n) is 9.09. The van der Waals surface area contributed by atoms with Crippen molar-refractivity contribution in [2.75, 3.05) is 36.5 Å². The average Bonchev–Trinajstić information content (AvgIpc) is 2.74. The fourth-order valence-corrected chi connectivity index (χ4v) is 3.39. The van der Waals surface area contributed by atoms with Crippen LogP contribution in [0, 0.1) is 0 Å². The molecule has 0 unspecified atom stereocenters. The number of ether oxygens (including phenoxy) is 1. The number of rotatable bonds is 5. The molecule has 1 aromatic heterocycles. The Morgan fingerprint density at radius 3 is 2.38 bits per heavy atom. The second-order valence-electron chi connectivity index (χ2n) is 6.60. The molecule has 4 rings (SSSR count). The van der Waals surface area contributed by atoms with Crippen molar-refractivity contribution in [3.63, 3.8) is 0 Å². The number of carboxylic acid groups (broad SMARTS) is 2. The molecule has 1 N–H and O–H groups in total. The summed E-state index contributed by atoms with van der Waals surface area (Å²) < 4.78 is 5.41. The van der Waals surface area contributed by atoms with Gasteiger partial charge in [-0.2, -0.15) is 0 Å². The van der Waals surface area contributed by atoms with E-state index in [-0.39, 0.29) is 11.1 Å². The van der Waals surface area contributed by atoms with Crippen LogP contribution >= 0.6 is 0 Å². The summed E-state index contributed by atoms with van der Waals surface area (Å²) in [5.74, 6) is -2.64. The zero-order chi connectivity index (χ0) is 20.4. The highest BCUT2D eigenvalue weighted by molar-refractivity contribution is 6.07. The van der Waals surface area contributed by atoms with Gasteiger partial charge >= 0.3 is 0 Å². The molecule has 0 amide bonds. The number of hydrogen-bond donors (Lipinski definition) is 1. The summed E-state index contributed by atoms with van der Waals surface area (Å²) in [5.41, 5.74) is 2.37. The lowest BCUT2D eigenvalue weighted by Gasteiger charge is -2.30. The Morgan fingerprint density at radius 2 is 1.72 bits per heavy atom. The molecule has 29 heavy (non-hydrogen) atoms. The van der Waals surface area contributed by atoms with Gasteiger partial charge in [0.25, 0.3) is 0 Å². The van der Waals surface area contributed by atoms with E-state index >= 15 is 0 Å². The highest BCUT2D eigenvalue weighted by atomic mass is 16.5. The SMILES string of the molecule is O=C([O-])c1ccc(Nc2c(C(=O)[O-])cnc3c(N4CCOCC4)cccc23)cc1. The van der Waals surface area contributed by atoms with Gasteiger partial charge < -0.3 is 34.8 Å². The average molecular weight is 391 g/mol. The first-order chi connectivity index (χ1) is 14.0. The zero-order valence-electron chi connectivity index (χ0n) is 15.4. The molecule has 0 bridgehead atoms. The number of hydrogen-bond acceptors (Lipinski definition) is 8. The van der Waals surface area contributed by atoms with E-state index in [4.69, 9.17) is 4.74 Å². The van der Waals surface area contributed by atoms with Crippen molar-refractivity contribution in [3.8, 4) is 0 Å². The maximum Gasteiger partial charge on any atom is 0.0956 e. The molecule has 0 spiro atoms. The molecule has 0 atom stereocenters. The van der Waals surface area contributed by atoms with E-state index in [0.717, 1.165) is 18.8 Å². The van der Waals surface area contributed by atoms with Gasteiger partial charge in [0.2, 0.25) is 0 Å². The van der Waals surface area contributed by atoms with E-state index in [1.165, 1.54) is 18.3 Å². The van der Waals surface area contributed by atoms with Gasteiger partial charge in [0.05, 0.1) is 42.0 Å². The van der Waals surface area contributed by atoms with Gasteiger partial charge in [-0.05, 0) is 23.8 Å². The van der Waals surface area contributed by atoms with Crippen LogP contribution in [0.2, 0.25) is 0 Å². The maximum atomic E-state index is 11.7. The topological polar surface area (TPSA) is 118 Å². The second-order valence-corrected chi connectivity index (χ2v) is 6.60. The number of nitrogens with zero attached hydrogens (tertiary/aromatic N) is 2. The van der Waals surface area contributed by atoms with Gasteiger partial charge in [-0.3, -0.25) is 4.98 Å². The van der Waals surface area contributed by atoms with Crippen LogP contribution in [0.4, 0.5) is 17.1 Å². The molecule has 1 fully saturated rings. The molecule has 1 saturated heterocycles. The first kappa shape index (κ1) is 18.7. The summed E-state index contributed by atoms with van der Waals surface area (Å²) in [7, 11) is 0. The summed E-state index contributed by atoms with van der Waals surface area (Å²) in [6, 6.07) is 11.4. The molecule has 148 valence electrons. The Morgan fingerprint density at radius 1 is 1.00 bits per heavy atom. The fraction of sp³-hybridized carbons (Fsp3) is 0.190. The highest BCUT2D eigenvalue weighted by Gasteiger charge is 2.18. The number of carbonyl (C=O) groups excluding carboxylic acids is 2. The van der Waals surface area contributed by atoms with E-state index in [9.17, 15) is 19.8 Å². The van der Waals surface area contributed by atoms with Crippen LogP contribution < -0.4 is 20.4 Å². The molecular formula is C21H17N3O5-2. The number of pyridine rings is 1. The minimum atomic E-state index is -1.36. The number of para-hydroxylation sites is 1. The van der Waals surface area contributed by atoms with E-state index in [1.54, 1.807) is 18.2 Å². The molecule has 1 aliphatic heterocycles. The van der Waals surface area contributed by atoms with Gasteiger partial charge in [0.1, 0.15) is 0 Å².